The Balaban J connectivity index is 1.85. The van der Waals surface area contributed by atoms with Crippen molar-refractivity contribution in [3.8, 4) is 5.75 Å². The number of likely N-dealkylation sites (N-methyl/N-ethyl adjacent to an activating group) is 1. The number of benzene rings is 1. The van der Waals surface area contributed by atoms with Crippen LogP contribution in [0, 0.1) is 23.7 Å². The molecule has 4 rings (SSSR count). The van der Waals surface area contributed by atoms with Gasteiger partial charge in [-0.2, -0.15) is 0 Å². The number of nitrogens with two attached hydrogens (primary N) is 1. The van der Waals surface area contributed by atoms with E-state index in [0.29, 0.717) is 17.7 Å². The number of rotatable bonds is 7. The predicted octanol–water partition coefficient (Wildman–Crippen LogP) is -0.162. The highest BCUT2D eigenvalue weighted by Crippen LogP contribution is 2.52. The average molecular weight is 555 g/mol. The van der Waals surface area contributed by atoms with Crippen LogP contribution in [0.25, 0.3) is 0 Å². The Morgan fingerprint density at radius 3 is 2.38 bits per heavy atom. The van der Waals surface area contributed by atoms with E-state index in [-0.39, 0.29) is 30.5 Å². The number of nitrogens with zero attached hydrogens (tertiary/aromatic N) is 2. The van der Waals surface area contributed by atoms with Crippen molar-refractivity contribution < 1.29 is 39.0 Å². The highest BCUT2D eigenvalue weighted by molar-refractivity contribution is 6.32. The molecule has 2 unspecified atom stereocenters. The number of carbonyl (C=O) groups excluding carboxylic acids is 6. The molecule has 12 nitrogen and oxygen atoms in total. The van der Waals surface area contributed by atoms with E-state index < -0.39 is 76.0 Å². The van der Waals surface area contributed by atoms with Gasteiger partial charge in [-0.25, -0.2) is 0 Å². The maximum absolute atomic E-state index is 14.0. The van der Waals surface area contributed by atoms with Crippen LogP contribution in [0.4, 0.5) is 11.4 Å². The minimum atomic E-state index is -2.80. The molecule has 5 N–H and O–H groups in total. The second-order valence-electron chi connectivity index (χ2n) is 11.2. The maximum atomic E-state index is 14.0. The number of ketones is 4. The van der Waals surface area contributed by atoms with Gasteiger partial charge in [0.1, 0.15) is 5.75 Å². The highest BCUT2D eigenvalue weighted by atomic mass is 16.3. The number of hydrogen-bond donors (Lipinski definition) is 4. The van der Waals surface area contributed by atoms with E-state index in [1.165, 1.54) is 19.0 Å². The maximum Gasteiger partial charge on any atom is 0.235 e. The van der Waals surface area contributed by atoms with Gasteiger partial charge < -0.3 is 26.2 Å². The van der Waals surface area contributed by atoms with Gasteiger partial charge in [0.15, 0.2) is 34.7 Å². The lowest BCUT2D eigenvalue weighted by atomic mass is 9.52. The van der Waals surface area contributed by atoms with Crippen LogP contribution in [0.15, 0.2) is 18.7 Å². The molecule has 3 aliphatic carbocycles. The van der Waals surface area contributed by atoms with Gasteiger partial charge in [-0.15, -0.1) is 6.58 Å². The Kier molecular flexibility index (Phi) is 7.46. The zero-order valence-corrected chi connectivity index (χ0v) is 22.9. The average Bonchev–Trinajstić information content (AvgIpc) is 2.85. The second kappa shape index (κ2) is 10.3. The first-order chi connectivity index (χ1) is 18.7. The number of aromatic hydroxyl groups is 1. The van der Waals surface area contributed by atoms with Crippen LogP contribution < -0.4 is 16.0 Å². The Labute approximate surface area is 231 Å². The summed E-state index contributed by atoms with van der Waals surface area (Å²) in [6, 6.07) is 0.374. The SMILES string of the molecule is C=CCCC(=O)Nc1cc(N(C)C)c2c(c1O)C(=O)C1C(=O)[C@]3(O)C(=O)C(C(N)=O)C(=O)[C@@H](N(C)C)[C@@H]3C[C@@H]1C2. The molecule has 1 aromatic rings. The first-order valence-corrected chi connectivity index (χ1v) is 13.0. The summed E-state index contributed by atoms with van der Waals surface area (Å²) in [7, 11) is 6.51. The van der Waals surface area contributed by atoms with Gasteiger partial charge in [0, 0.05) is 32.1 Å². The molecule has 0 spiro atoms. The molecule has 0 aromatic heterocycles. The number of fused-ring (bicyclic) bond motifs is 3. The van der Waals surface area contributed by atoms with Crippen LogP contribution >= 0.6 is 0 Å². The van der Waals surface area contributed by atoms with Gasteiger partial charge >= 0.3 is 0 Å². The Bertz CT molecular complexity index is 1350. The van der Waals surface area contributed by atoms with E-state index in [4.69, 9.17) is 5.73 Å². The fraction of sp³-hybridized carbons (Fsp3) is 0.500. The number of carbonyl (C=O) groups is 6. The normalized spacial score (nSPS) is 29.4. The second-order valence-corrected chi connectivity index (χ2v) is 11.2. The number of Topliss-reactive ketones (excluding diaryl/α,β-unsaturated/α-hetero) is 4. The number of aliphatic hydroxyl groups is 1. The monoisotopic (exact) mass is 554 g/mol. The minimum Gasteiger partial charge on any atom is -0.505 e. The molecule has 0 aliphatic heterocycles. The van der Waals surface area contributed by atoms with Crippen molar-refractivity contribution in [3.63, 3.8) is 0 Å². The lowest BCUT2D eigenvalue weighted by Crippen LogP contribution is -2.74. The van der Waals surface area contributed by atoms with Gasteiger partial charge in [-0.05, 0) is 50.9 Å². The van der Waals surface area contributed by atoms with Gasteiger partial charge in [-0.1, -0.05) is 6.08 Å². The zero-order chi connectivity index (χ0) is 29.8. The fourth-order valence-electron chi connectivity index (χ4n) is 6.59. The van der Waals surface area contributed by atoms with Crippen molar-refractivity contribution in [3.05, 3.63) is 29.8 Å². The summed E-state index contributed by atoms with van der Waals surface area (Å²) in [5, 5.41) is 25.4. The quantitative estimate of drug-likeness (QED) is 0.200. The van der Waals surface area contributed by atoms with Crippen molar-refractivity contribution in [1.82, 2.24) is 4.90 Å². The molecule has 1 aromatic carbocycles. The number of amides is 2. The summed E-state index contributed by atoms with van der Waals surface area (Å²) in [6.45, 7) is 3.58. The van der Waals surface area contributed by atoms with Crippen LogP contribution in [-0.4, -0.2) is 89.9 Å². The van der Waals surface area contributed by atoms with Gasteiger partial charge in [0.05, 0.1) is 23.2 Å². The molecule has 214 valence electrons. The topological polar surface area (TPSA) is 187 Å². The molecule has 3 aliphatic rings. The zero-order valence-electron chi connectivity index (χ0n) is 22.9. The third kappa shape index (κ3) is 4.22. The highest BCUT2D eigenvalue weighted by Gasteiger charge is 2.69. The predicted molar refractivity (Wildman–Crippen MR) is 144 cm³/mol. The number of hydrogen-bond acceptors (Lipinski definition) is 10. The fourth-order valence-corrected chi connectivity index (χ4v) is 6.59. The number of anilines is 2. The summed E-state index contributed by atoms with van der Waals surface area (Å²) in [5.74, 6) is -11.7. The molecule has 2 fully saturated rings. The Hall–Kier alpha value is -3.90. The lowest BCUT2D eigenvalue weighted by Gasteiger charge is -2.52. The molecule has 2 saturated carbocycles. The molecule has 0 radical (unpaired) electrons. The Morgan fingerprint density at radius 2 is 1.82 bits per heavy atom. The number of phenols is 1. The van der Waals surface area contributed by atoms with Crippen molar-refractivity contribution in [2.45, 2.75) is 37.3 Å². The van der Waals surface area contributed by atoms with E-state index in [0.717, 1.165) is 0 Å². The molecule has 0 saturated heterocycles. The smallest absolute Gasteiger partial charge is 0.235 e. The van der Waals surface area contributed by atoms with Crippen molar-refractivity contribution in [1.29, 1.82) is 0 Å². The first-order valence-electron chi connectivity index (χ1n) is 13.0. The Morgan fingerprint density at radius 1 is 1.18 bits per heavy atom. The van der Waals surface area contributed by atoms with Crippen molar-refractivity contribution in [2.75, 3.05) is 38.4 Å². The number of allylic oxidation sites excluding steroid dienone is 1. The molecule has 40 heavy (non-hydrogen) atoms. The molecule has 0 bridgehead atoms. The third-order valence-electron chi connectivity index (χ3n) is 8.37. The van der Waals surface area contributed by atoms with Crippen molar-refractivity contribution >= 4 is 46.3 Å². The lowest BCUT2D eigenvalue weighted by molar-refractivity contribution is -0.181. The van der Waals surface area contributed by atoms with Crippen LogP contribution in [0.1, 0.15) is 35.2 Å². The number of primary amides is 1. The van der Waals surface area contributed by atoms with E-state index in [9.17, 15) is 39.0 Å². The van der Waals surface area contributed by atoms with Gasteiger partial charge in [-0.3, -0.25) is 33.7 Å². The first kappa shape index (κ1) is 29.1. The summed E-state index contributed by atoms with van der Waals surface area (Å²) in [4.78, 5) is 82.2. The molecule has 0 heterocycles. The molecule has 6 atom stereocenters. The van der Waals surface area contributed by atoms with Crippen LogP contribution in [-0.2, 0) is 30.4 Å². The van der Waals surface area contributed by atoms with E-state index in [1.807, 2.05) is 0 Å². The largest absolute Gasteiger partial charge is 0.505 e. The summed E-state index contributed by atoms with van der Waals surface area (Å²) >= 11 is 0. The number of phenolic OH excluding ortho intramolecular Hbond substituents is 1. The number of nitrogens with one attached hydrogen (secondary N) is 1. The van der Waals surface area contributed by atoms with Crippen LogP contribution in [0.2, 0.25) is 0 Å². The summed E-state index contributed by atoms with van der Waals surface area (Å²) < 4.78 is 0. The van der Waals surface area contributed by atoms with E-state index >= 15 is 0 Å². The van der Waals surface area contributed by atoms with Gasteiger partial charge in [0.25, 0.3) is 0 Å². The van der Waals surface area contributed by atoms with Gasteiger partial charge in [0.2, 0.25) is 11.8 Å². The summed E-state index contributed by atoms with van der Waals surface area (Å²) in [5.41, 5.74) is 3.31. The molecular formula is C28H34N4O8. The minimum absolute atomic E-state index is 0.0241. The van der Waals surface area contributed by atoms with Crippen LogP contribution in [0.3, 0.4) is 0 Å². The standard InChI is InChI=1S/C28H34N4O8/c1-6-7-8-17(33)30-15-11-16(31(2)3)13-9-12-10-14-21(32(4)5)24(36)20(27(29)39)26(38)28(14,40)25(37)18(12)23(35)19(13)22(15)34/h6,11-12,14,18,20-21,34,40H,1,7-10H2,2-5H3,(H2,29,39)(H,30,33)/t12-,14-,18?,20?,21-,28-/m0/s1. The summed E-state index contributed by atoms with van der Waals surface area (Å²) in [6.07, 6.45) is 2.14. The van der Waals surface area contributed by atoms with E-state index in [1.54, 1.807) is 31.1 Å². The van der Waals surface area contributed by atoms with E-state index in [2.05, 4.69) is 11.9 Å². The van der Waals surface area contributed by atoms with Crippen molar-refractivity contribution in [2.24, 2.45) is 29.4 Å². The molecule has 12 heteroatoms. The molecule has 2 amide bonds. The molecular weight excluding hydrogens is 520 g/mol. The third-order valence-corrected chi connectivity index (χ3v) is 8.37. The van der Waals surface area contributed by atoms with Crippen LogP contribution in [0.5, 0.6) is 5.75 Å².